The van der Waals surface area contributed by atoms with Gasteiger partial charge in [0.2, 0.25) is 0 Å². The summed E-state index contributed by atoms with van der Waals surface area (Å²) in [6, 6.07) is 4.75. The Labute approximate surface area is 134 Å². The van der Waals surface area contributed by atoms with E-state index in [0.717, 1.165) is 25.9 Å². The van der Waals surface area contributed by atoms with Gasteiger partial charge in [-0.2, -0.15) is 0 Å². The Morgan fingerprint density at radius 2 is 1.83 bits per heavy atom. The number of carbonyl (C=O) groups is 1. The predicted molar refractivity (Wildman–Crippen MR) is 85.7 cm³/mol. The molecule has 1 aromatic carbocycles. The van der Waals surface area contributed by atoms with Crippen molar-refractivity contribution in [3.8, 4) is 0 Å². The van der Waals surface area contributed by atoms with Crippen LogP contribution in [0.4, 0.5) is 11.4 Å². The summed E-state index contributed by atoms with van der Waals surface area (Å²) in [5.41, 5.74) is 0.934. The first-order chi connectivity index (χ1) is 11.1. The van der Waals surface area contributed by atoms with Crippen molar-refractivity contribution >= 4 is 17.3 Å². The SMILES string of the molecule is O=C(c1ccc(N2CCCC2)c([N+](=O)[O-])c1)N1CCC(O)CC1. The van der Waals surface area contributed by atoms with Crippen LogP contribution in [0.2, 0.25) is 0 Å². The number of rotatable bonds is 3. The first-order valence-corrected chi connectivity index (χ1v) is 8.07. The minimum absolute atomic E-state index is 0.00482. The van der Waals surface area contributed by atoms with E-state index < -0.39 is 4.92 Å². The topological polar surface area (TPSA) is 86.9 Å². The molecule has 0 spiro atoms. The fourth-order valence-electron chi connectivity index (χ4n) is 3.28. The van der Waals surface area contributed by atoms with E-state index in [-0.39, 0.29) is 17.7 Å². The highest BCUT2D eigenvalue weighted by Crippen LogP contribution is 2.32. The summed E-state index contributed by atoms with van der Waals surface area (Å²) in [7, 11) is 0. The van der Waals surface area contributed by atoms with Crippen LogP contribution in [0.25, 0.3) is 0 Å². The molecule has 2 aliphatic rings. The molecule has 7 heteroatoms. The van der Waals surface area contributed by atoms with Gasteiger partial charge in [0.05, 0.1) is 11.0 Å². The molecule has 2 fully saturated rings. The number of nitrogens with zero attached hydrogens (tertiary/aromatic N) is 3. The number of carbonyl (C=O) groups excluding carboxylic acids is 1. The quantitative estimate of drug-likeness (QED) is 0.678. The molecule has 2 heterocycles. The molecule has 0 saturated carbocycles. The maximum atomic E-state index is 12.5. The lowest BCUT2D eigenvalue weighted by Crippen LogP contribution is -2.40. The Morgan fingerprint density at radius 3 is 2.43 bits per heavy atom. The number of hydrogen-bond acceptors (Lipinski definition) is 5. The van der Waals surface area contributed by atoms with Gasteiger partial charge in [0.1, 0.15) is 5.69 Å². The van der Waals surface area contributed by atoms with Crippen LogP contribution >= 0.6 is 0 Å². The van der Waals surface area contributed by atoms with Crippen molar-refractivity contribution < 1.29 is 14.8 Å². The summed E-state index contributed by atoms with van der Waals surface area (Å²) < 4.78 is 0. The van der Waals surface area contributed by atoms with Crippen LogP contribution < -0.4 is 4.90 Å². The predicted octanol–water partition coefficient (Wildman–Crippen LogP) is 1.79. The lowest BCUT2D eigenvalue weighted by Gasteiger charge is -2.29. The van der Waals surface area contributed by atoms with Crippen molar-refractivity contribution in [2.45, 2.75) is 31.8 Å². The fourth-order valence-corrected chi connectivity index (χ4v) is 3.28. The van der Waals surface area contributed by atoms with E-state index in [4.69, 9.17) is 0 Å². The standard InChI is InChI=1S/C16H21N3O4/c20-13-5-9-18(10-6-13)16(21)12-3-4-14(15(11-12)19(22)23)17-7-1-2-8-17/h3-4,11,13,20H,1-2,5-10H2. The van der Waals surface area contributed by atoms with Crippen LogP contribution in [-0.2, 0) is 0 Å². The van der Waals surface area contributed by atoms with E-state index in [9.17, 15) is 20.0 Å². The van der Waals surface area contributed by atoms with Gasteiger partial charge in [-0.05, 0) is 37.8 Å². The number of anilines is 1. The minimum Gasteiger partial charge on any atom is -0.393 e. The van der Waals surface area contributed by atoms with Crippen LogP contribution in [0, 0.1) is 10.1 Å². The Hall–Kier alpha value is -2.15. The molecule has 0 atom stereocenters. The third-order valence-electron chi connectivity index (χ3n) is 4.62. The molecule has 1 N–H and O–H groups in total. The van der Waals surface area contributed by atoms with Gasteiger partial charge in [0.25, 0.3) is 11.6 Å². The smallest absolute Gasteiger partial charge is 0.293 e. The molecule has 0 radical (unpaired) electrons. The highest BCUT2D eigenvalue weighted by atomic mass is 16.6. The van der Waals surface area contributed by atoms with Gasteiger partial charge < -0.3 is 14.9 Å². The van der Waals surface area contributed by atoms with Crippen LogP contribution in [0.3, 0.4) is 0 Å². The number of piperidine rings is 1. The Morgan fingerprint density at radius 1 is 1.17 bits per heavy atom. The van der Waals surface area contributed by atoms with Crippen molar-refractivity contribution in [1.82, 2.24) is 4.90 Å². The fraction of sp³-hybridized carbons (Fsp3) is 0.562. The molecule has 23 heavy (non-hydrogen) atoms. The van der Waals surface area contributed by atoms with E-state index in [1.807, 2.05) is 4.90 Å². The van der Waals surface area contributed by atoms with Crippen molar-refractivity contribution in [3.63, 3.8) is 0 Å². The van der Waals surface area contributed by atoms with Crippen LogP contribution in [0.15, 0.2) is 18.2 Å². The molecular weight excluding hydrogens is 298 g/mol. The van der Waals surface area contributed by atoms with Crippen LogP contribution in [0.5, 0.6) is 0 Å². The van der Waals surface area contributed by atoms with Gasteiger partial charge in [-0.3, -0.25) is 14.9 Å². The third kappa shape index (κ3) is 3.29. The monoisotopic (exact) mass is 319 g/mol. The number of nitro groups is 1. The van der Waals surface area contributed by atoms with Crippen LogP contribution in [0.1, 0.15) is 36.0 Å². The lowest BCUT2D eigenvalue weighted by molar-refractivity contribution is -0.384. The average molecular weight is 319 g/mol. The van der Waals surface area contributed by atoms with E-state index >= 15 is 0 Å². The van der Waals surface area contributed by atoms with E-state index in [2.05, 4.69) is 0 Å². The van der Waals surface area contributed by atoms with Crippen molar-refractivity contribution in [1.29, 1.82) is 0 Å². The largest absolute Gasteiger partial charge is 0.393 e. The number of amides is 1. The van der Waals surface area contributed by atoms with Crippen LogP contribution in [-0.4, -0.2) is 53.1 Å². The molecule has 2 saturated heterocycles. The zero-order chi connectivity index (χ0) is 16.4. The van der Waals surface area contributed by atoms with Gasteiger partial charge in [0, 0.05) is 37.8 Å². The average Bonchev–Trinajstić information content (AvgIpc) is 3.08. The molecule has 124 valence electrons. The second kappa shape index (κ2) is 6.54. The maximum Gasteiger partial charge on any atom is 0.293 e. The molecule has 0 aromatic heterocycles. The molecule has 1 aromatic rings. The molecular formula is C16H21N3O4. The second-order valence-electron chi connectivity index (χ2n) is 6.18. The molecule has 3 rings (SSSR count). The van der Waals surface area contributed by atoms with E-state index in [1.165, 1.54) is 6.07 Å². The number of likely N-dealkylation sites (tertiary alicyclic amines) is 1. The van der Waals surface area contributed by atoms with Crippen molar-refractivity contribution in [3.05, 3.63) is 33.9 Å². The summed E-state index contributed by atoms with van der Waals surface area (Å²) >= 11 is 0. The van der Waals surface area contributed by atoms with Gasteiger partial charge in [-0.25, -0.2) is 0 Å². The number of nitro benzene ring substituents is 1. The van der Waals surface area contributed by atoms with E-state index in [0.29, 0.717) is 37.2 Å². The van der Waals surface area contributed by atoms with Gasteiger partial charge in [-0.15, -0.1) is 0 Å². The molecule has 0 bridgehead atoms. The van der Waals surface area contributed by atoms with Gasteiger partial charge in [0.15, 0.2) is 0 Å². The normalized spacial score (nSPS) is 19.2. The minimum atomic E-state index is -0.412. The van der Waals surface area contributed by atoms with Crippen molar-refractivity contribution in [2.24, 2.45) is 0 Å². The first kappa shape index (κ1) is 15.7. The molecule has 2 aliphatic heterocycles. The number of aliphatic hydroxyl groups is 1. The number of aliphatic hydroxyl groups excluding tert-OH is 1. The maximum absolute atomic E-state index is 12.5. The molecule has 0 aliphatic carbocycles. The summed E-state index contributed by atoms with van der Waals surface area (Å²) in [6.45, 7) is 2.61. The van der Waals surface area contributed by atoms with Gasteiger partial charge >= 0.3 is 0 Å². The highest BCUT2D eigenvalue weighted by molar-refractivity contribution is 5.96. The van der Waals surface area contributed by atoms with Gasteiger partial charge in [-0.1, -0.05) is 0 Å². The Kier molecular flexibility index (Phi) is 4.47. The molecule has 1 amide bonds. The Balaban J connectivity index is 1.84. The Bertz CT molecular complexity index is 605. The summed E-state index contributed by atoms with van der Waals surface area (Å²) in [5, 5.41) is 20.9. The second-order valence-corrected chi connectivity index (χ2v) is 6.18. The summed E-state index contributed by atoms with van der Waals surface area (Å²) in [5.74, 6) is -0.201. The summed E-state index contributed by atoms with van der Waals surface area (Å²) in [4.78, 5) is 27.2. The highest BCUT2D eigenvalue weighted by Gasteiger charge is 2.27. The third-order valence-corrected chi connectivity index (χ3v) is 4.62. The van der Waals surface area contributed by atoms with Crippen molar-refractivity contribution in [2.75, 3.05) is 31.1 Å². The summed E-state index contributed by atoms with van der Waals surface area (Å²) in [6.07, 6.45) is 2.83. The number of hydrogen-bond donors (Lipinski definition) is 1. The lowest BCUT2D eigenvalue weighted by atomic mass is 10.1. The zero-order valence-corrected chi connectivity index (χ0v) is 13.0. The molecule has 0 unspecified atom stereocenters. The zero-order valence-electron chi connectivity index (χ0n) is 13.0. The van der Waals surface area contributed by atoms with E-state index in [1.54, 1.807) is 17.0 Å². The number of benzene rings is 1. The first-order valence-electron chi connectivity index (χ1n) is 8.07. The molecule has 7 nitrogen and oxygen atoms in total.